The van der Waals surface area contributed by atoms with E-state index in [0.717, 1.165) is 13.0 Å². The van der Waals surface area contributed by atoms with Gasteiger partial charge in [-0.15, -0.1) is 0 Å². The largest absolute Gasteiger partial charge is 0.319 e. The van der Waals surface area contributed by atoms with Crippen molar-refractivity contribution in [1.29, 1.82) is 0 Å². The van der Waals surface area contributed by atoms with Gasteiger partial charge < -0.3 is 5.32 Å². The van der Waals surface area contributed by atoms with Crippen LogP contribution in [0.2, 0.25) is 0 Å². The number of hydrogen-bond acceptors (Lipinski definition) is 2. The van der Waals surface area contributed by atoms with Crippen molar-refractivity contribution < 1.29 is 0 Å². The summed E-state index contributed by atoms with van der Waals surface area (Å²) in [5.41, 5.74) is 1.72. The van der Waals surface area contributed by atoms with E-state index in [9.17, 15) is 0 Å². The van der Waals surface area contributed by atoms with Gasteiger partial charge in [0, 0.05) is 18.8 Å². The Morgan fingerprint density at radius 1 is 1.41 bits per heavy atom. The first-order valence-corrected chi connectivity index (χ1v) is 6.84. The molecule has 1 aromatic heterocycles. The lowest BCUT2D eigenvalue weighted by Gasteiger charge is -2.27. The van der Waals surface area contributed by atoms with E-state index in [-0.39, 0.29) is 0 Å². The molecule has 1 N–H and O–H groups in total. The van der Waals surface area contributed by atoms with E-state index in [0.29, 0.717) is 11.5 Å². The summed E-state index contributed by atoms with van der Waals surface area (Å²) in [5.74, 6) is 0. The van der Waals surface area contributed by atoms with Crippen molar-refractivity contribution in [2.24, 2.45) is 5.41 Å². The normalized spacial score (nSPS) is 19.1. The highest BCUT2D eigenvalue weighted by molar-refractivity contribution is 5.05. The van der Waals surface area contributed by atoms with E-state index in [2.05, 4.69) is 48.3 Å². The molecule has 96 valence electrons. The van der Waals surface area contributed by atoms with Gasteiger partial charge in [0.1, 0.15) is 0 Å². The van der Waals surface area contributed by atoms with Gasteiger partial charge in [0.2, 0.25) is 0 Å². The van der Waals surface area contributed by atoms with Crippen molar-refractivity contribution >= 4 is 0 Å². The monoisotopic (exact) mass is 235 g/mol. The molecule has 2 rings (SSSR count). The Labute approximate surface area is 105 Å². The number of nitrogens with zero attached hydrogens (tertiary/aromatic N) is 2. The molecule has 1 saturated carbocycles. The number of rotatable bonds is 5. The van der Waals surface area contributed by atoms with Crippen molar-refractivity contribution in [1.82, 2.24) is 15.1 Å². The van der Waals surface area contributed by atoms with Crippen LogP contribution in [-0.2, 0) is 6.42 Å². The molecule has 0 unspecified atom stereocenters. The van der Waals surface area contributed by atoms with Gasteiger partial charge in [-0.05, 0) is 51.6 Å². The lowest BCUT2D eigenvalue weighted by Crippen LogP contribution is -2.32. The fourth-order valence-electron chi connectivity index (χ4n) is 3.06. The Kier molecular flexibility index (Phi) is 3.87. The number of nitrogens with one attached hydrogen (secondary N) is 1. The molecule has 0 amide bonds. The first-order chi connectivity index (χ1) is 8.15. The summed E-state index contributed by atoms with van der Waals surface area (Å²) < 4.78 is 2.07. The zero-order valence-corrected chi connectivity index (χ0v) is 11.4. The maximum Gasteiger partial charge on any atom is 0.0630 e. The van der Waals surface area contributed by atoms with Crippen LogP contribution in [-0.4, -0.2) is 23.4 Å². The molecule has 0 aromatic carbocycles. The molecule has 1 aliphatic rings. The zero-order chi connectivity index (χ0) is 12.3. The van der Waals surface area contributed by atoms with Crippen LogP contribution >= 0.6 is 0 Å². The summed E-state index contributed by atoms with van der Waals surface area (Å²) in [6.45, 7) is 5.48. The van der Waals surface area contributed by atoms with E-state index in [1.807, 2.05) is 0 Å². The summed E-state index contributed by atoms with van der Waals surface area (Å²) in [5, 5.41) is 8.06. The van der Waals surface area contributed by atoms with Crippen LogP contribution in [0.3, 0.4) is 0 Å². The first-order valence-electron chi connectivity index (χ1n) is 6.84. The van der Waals surface area contributed by atoms with Crippen LogP contribution in [0.4, 0.5) is 0 Å². The number of aromatic nitrogens is 2. The maximum absolute atomic E-state index is 4.69. The molecular formula is C14H25N3. The molecular weight excluding hydrogens is 210 g/mol. The smallest absolute Gasteiger partial charge is 0.0630 e. The van der Waals surface area contributed by atoms with Crippen molar-refractivity contribution in [3.8, 4) is 0 Å². The Balaban J connectivity index is 2.06. The maximum atomic E-state index is 4.69. The summed E-state index contributed by atoms with van der Waals surface area (Å²) in [6.07, 6.45) is 8.71. The third-order valence-corrected chi connectivity index (χ3v) is 3.96. The lowest BCUT2D eigenvalue weighted by molar-refractivity contribution is 0.281. The van der Waals surface area contributed by atoms with Gasteiger partial charge in [0.25, 0.3) is 0 Å². The summed E-state index contributed by atoms with van der Waals surface area (Å²) in [7, 11) is 2.06. The van der Waals surface area contributed by atoms with Crippen LogP contribution < -0.4 is 5.32 Å². The summed E-state index contributed by atoms with van der Waals surface area (Å²) in [4.78, 5) is 0. The molecule has 3 nitrogen and oxygen atoms in total. The fraction of sp³-hybridized carbons (Fsp3) is 0.786. The van der Waals surface area contributed by atoms with Gasteiger partial charge in [-0.2, -0.15) is 5.10 Å². The highest BCUT2D eigenvalue weighted by Gasteiger charge is 2.33. The minimum atomic E-state index is 0.463. The first kappa shape index (κ1) is 12.6. The van der Waals surface area contributed by atoms with Crippen LogP contribution in [0.1, 0.15) is 51.3 Å². The van der Waals surface area contributed by atoms with Gasteiger partial charge in [-0.3, -0.25) is 4.68 Å². The second kappa shape index (κ2) is 5.21. The van der Waals surface area contributed by atoms with Gasteiger partial charge in [-0.25, -0.2) is 0 Å². The molecule has 0 bridgehead atoms. The highest BCUT2D eigenvalue weighted by Crippen LogP contribution is 2.40. The molecule has 0 aliphatic heterocycles. The van der Waals surface area contributed by atoms with Crippen molar-refractivity contribution in [2.75, 3.05) is 13.6 Å². The van der Waals surface area contributed by atoms with Crippen LogP contribution in [0, 0.1) is 5.41 Å². The average Bonchev–Trinajstić information content (AvgIpc) is 2.89. The molecule has 1 fully saturated rings. The second-order valence-electron chi connectivity index (χ2n) is 5.80. The third-order valence-electron chi connectivity index (χ3n) is 3.96. The standard InChI is InChI=1S/C14H25N3/c1-12(2)17-9-6-13(16-17)10-14(11-15-3)7-4-5-8-14/h6,9,12,15H,4-5,7-8,10-11H2,1-3H3. The molecule has 0 spiro atoms. The summed E-state index contributed by atoms with van der Waals surface area (Å²) in [6, 6.07) is 2.66. The van der Waals surface area contributed by atoms with E-state index in [4.69, 9.17) is 0 Å². The predicted octanol–water partition coefficient (Wildman–Crippen LogP) is 2.79. The molecule has 3 heteroatoms. The minimum absolute atomic E-state index is 0.463. The van der Waals surface area contributed by atoms with Gasteiger partial charge in [0.05, 0.1) is 5.69 Å². The van der Waals surface area contributed by atoms with E-state index in [1.54, 1.807) is 0 Å². The van der Waals surface area contributed by atoms with Crippen molar-refractivity contribution in [3.63, 3.8) is 0 Å². The van der Waals surface area contributed by atoms with Crippen molar-refractivity contribution in [2.45, 2.75) is 52.0 Å². The Bertz CT molecular complexity index is 348. The SMILES string of the molecule is CNCC1(Cc2ccn(C(C)C)n2)CCCC1. The third kappa shape index (κ3) is 2.89. The van der Waals surface area contributed by atoms with Crippen LogP contribution in [0.5, 0.6) is 0 Å². The van der Waals surface area contributed by atoms with E-state index < -0.39 is 0 Å². The minimum Gasteiger partial charge on any atom is -0.319 e. The Hall–Kier alpha value is -0.830. The van der Waals surface area contributed by atoms with Gasteiger partial charge in [-0.1, -0.05) is 12.8 Å². The molecule has 0 saturated heterocycles. The van der Waals surface area contributed by atoms with Gasteiger partial charge >= 0.3 is 0 Å². The molecule has 1 heterocycles. The molecule has 17 heavy (non-hydrogen) atoms. The quantitative estimate of drug-likeness (QED) is 0.850. The number of hydrogen-bond donors (Lipinski definition) is 1. The fourth-order valence-corrected chi connectivity index (χ4v) is 3.06. The van der Waals surface area contributed by atoms with Gasteiger partial charge in [0.15, 0.2) is 0 Å². The second-order valence-corrected chi connectivity index (χ2v) is 5.80. The lowest BCUT2D eigenvalue weighted by atomic mass is 9.81. The van der Waals surface area contributed by atoms with Crippen LogP contribution in [0.15, 0.2) is 12.3 Å². The molecule has 1 aliphatic carbocycles. The topological polar surface area (TPSA) is 29.9 Å². The van der Waals surface area contributed by atoms with E-state index in [1.165, 1.54) is 31.4 Å². The Morgan fingerprint density at radius 3 is 2.65 bits per heavy atom. The Morgan fingerprint density at radius 2 is 2.12 bits per heavy atom. The zero-order valence-electron chi connectivity index (χ0n) is 11.4. The predicted molar refractivity (Wildman–Crippen MR) is 71.1 cm³/mol. The van der Waals surface area contributed by atoms with E-state index >= 15 is 0 Å². The molecule has 1 aromatic rings. The molecule has 0 radical (unpaired) electrons. The average molecular weight is 235 g/mol. The van der Waals surface area contributed by atoms with Crippen molar-refractivity contribution in [3.05, 3.63) is 18.0 Å². The summed E-state index contributed by atoms with van der Waals surface area (Å²) >= 11 is 0. The van der Waals surface area contributed by atoms with Crippen LogP contribution in [0.25, 0.3) is 0 Å². The highest BCUT2D eigenvalue weighted by atomic mass is 15.3. The molecule has 0 atom stereocenters.